The van der Waals surface area contributed by atoms with Crippen molar-refractivity contribution in [2.45, 2.75) is 13.2 Å². The fourth-order valence-corrected chi connectivity index (χ4v) is 3.85. The topological polar surface area (TPSA) is 64.9 Å². The van der Waals surface area contributed by atoms with Crippen LogP contribution < -0.4 is 5.32 Å². The Labute approximate surface area is 155 Å². The van der Waals surface area contributed by atoms with Crippen LogP contribution in [-0.4, -0.2) is 26.9 Å². The van der Waals surface area contributed by atoms with Gasteiger partial charge in [-0.05, 0) is 5.56 Å². The number of rotatable bonds is 6. The van der Waals surface area contributed by atoms with Crippen molar-refractivity contribution in [2.75, 3.05) is 12.4 Å². The molecule has 4 rings (SSSR count). The lowest BCUT2D eigenvalue weighted by Gasteiger charge is -2.10. The van der Waals surface area contributed by atoms with Crippen molar-refractivity contribution < 1.29 is 4.74 Å². The van der Waals surface area contributed by atoms with E-state index in [-0.39, 0.29) is 0 Å². The molecule has 26 heavy (non-hydrogen) atoms. The zero-order valence-electron chi connectivity index (χ0n) is 14.6. The summed E-state index contributed by atoms with van der Waals surface area (Å²) in [6, 6.07) is 10.3. The molecule has 0 bridgehead atoms. The number of methoxy groups -OCH3 is 1. The van der Waals surface area contributed by atoms with Crippen LogP contribution >= 0.6 is 11.3 Å². The van der Waals surface area contributed by atoms with Crippen molar-refractivity contribution in [1.82, 2.24) is 19.7 Å². The molecule has 1 aromatic carbocycles. The van der Waals surface area contributed by atoms with Gasteiger partial charge in [0.25, 0.3) is 0 Å². The maximum Gasteiger partial charge on any atom is 0.158 e. The number of fused-ring (bicyclic) bond motifs is 1. The molecule has 0 amide bonds. The van der Waals surface area contributed by atoms with E-state index in [0.717, 1.165) is 32.7 Å². The van der Waals surface area contributed by atoms with Crippen molar-refractivity contribution in [3.8, 4) is 11.1 Å². The van der Waals surface area contributed by atoms with Gasteiger partial charge in [0.05, 0.1) is 11.6 Å². The molecular formula is C19H19N5OS. The van der Waals surface area contributed by atoms with Gasteiger partial charge >= 0.3 is 0 Å². The van der Waals surface area contributed by atoms with Gasteiger partial charge in [-0.15, -0.1) is 11.3 Å². The average molecular weight is 365 g/mol. The summed E-state index contributed by atoms with van der Waals surface area (Å²) in [5.41, 5.74) is 3.40. The number of thiophene rings is 1. The van der Waals surface area contributed by atoms with E-state index in [0.29, 0.717) is 19.0 Å². The minimum atomic E-state index is 0.385. The van der Waals surface area contributed by atoms with Gasteiger partial charge in [0.2, 0.25) is 0 Å². The second-order valence-corrected chi connectivity index (χ2v) is 6.85. The molecule has 7 heteroatoms. The third kappa shape index (κ3) is 3.31. The minimum absolute atomic E-state index is 0.385. The first-order valence-corrected chi connectivity index (χ1v) is 9.16. The quantitative estimate of drug-likeness (QED) is 0.562. The van der Waals surface area contributed by atoms with E-state index >= 15 is 0 Å². The lowest BCUT2D eigenvalue weighted by molar-refractivity contribution is 0.178. The molecule has 3 heterocycles. The highest BCUT2D eigenvalue weighted by Gasteiger charge is 2.15. The van der Waals surface area contributed by atoms with Crippen LogP contribution in [0.2, 0.25) is 0 Å². The van der Waals surface area contributed by atoms with E-state index in [1.165, 1.54) is 0 Å². The summed E-state index contributed by atoms with van der Waals surface area (Å²) in [5.74, 6) is 1.50. The van der Waals surface area contributed by atoms with E-state index in [2.05, 4.69) is 32.9 Å². The molecule has 0 aliphatic carbocycles. The Hall–Kier alpha value is -2.77. The molecule has 0 radical (unpaired) electrons. The van der Waals surface area contributed by atoms with E-state index in [1.807, 2.05) is 37.6 Å². The molecule has 6 nitrogen and oxygen atoms in total. The molecule has 4 aromatic rings. The summed E-state index contributed by atoms with van der Waals surface area (Å²) in [6.07, 6.45) is 3.85. The standard InChI is InChI=1S/C19H19N5OS/c1-24-10-13(9-21-24)8-20-18-17-15(14-6-4-3-5-7-14)12-26-19(17)23-16(22-18)11-25-2/h3-7,9-10,12H,8,11H2,1-2H3,(H,20,22,23). The Bertz CT molecular complexity index is 1030. The van der Waals surface area contributed by atoms with Crippen LogP contribution in [0.15, 0.2) is 48.1 Å². The molecule has 0 aliphatic rings. The normalized spacial score (nSPS) is 11.2. The number of nitrogens with one attached hydrogen (secondary N) is 1. The summed E-state index contributed by atoms with van der Waals surface area (Å²) < 4.78 is 7.02. The first-order valence-electron chi connectivity index (χ1n) is 8.28. The molecule has 0 unspecified atom stereocenters. The second-order valence-electron chi connectivity index (χ2n) is 5.99. The number of hydrogen-bond donors (Lipinski definition) is 1. The SMILES string of the molecule is COCc1nc(NCc2cnn(C)c2)c2c(-c3ccccc3)csc2n1. The third-order valence-electron chi connectivity index (χ3n) is 4.06. The van der Waals surface area contributed by atoms with Crippen molar-refractivity contribution >= 4 is 27.4 Å². The smallest absolute Gasteiger partial charge is 0.158 e. The van der Waals surface area contributed by atoms with Crippen molar-refractivity contribution in [1.29, 1.82) is 0 Å². The van der Waals surface area contributed by atoms with E-state index in [4.69, 9.17) is 9.72 Å². The van der Waals surface area contributed by atoms with Gasteiger partial charge in [-0.3, -0.25) is 4.68 Å². The summed E-state index contributed by atoms with van der Waals surface area (Å²) in [4.78, 5) is 10.3. The summed E-state index contributed by atoms with van der Waals surface area (Å²) >= 11 is 1.63. The fourth-order valence-electron chi connectivity index (χ4n) is 2.89. The zero-order valence-corrected chi connectivity index (χ0v) is 15.5. The van der Waals surface area contributed by atoms with Crippen LogP contribution in [0, 0.1) is 0 Å². The van der Waals surface area contributed by atoms with Gasteiger partial charge in [-0.25, -0.2) is 9.97 Å². The number of aryl methyl sites for hydroxylation is 1. The Morgan fingerprint density at radius 2 is 2.04 bits per heavy atom. The molecule has 1 N–H and O–H groups in total. The Balaban J connectivity index is 1.77. The Morgan fingerprint density at radius 3 is 2.77 bits per heavy atom. The lowest BCUT2D eigenvalue weighted by atomic mass is 10.1. The van der Waals surface area contributed by atoms with E-state index < -0.39 is 0 Å². The summed E-state index contributed by atoms with van der Waals surface area (Å²) in [7, 11) is 3.57. The molecule has 0 saturated carbocycles. The first kappa shape index (κ1) is 16.7. The maximum absolute atomic E-state index is 5.23. The van der Waals surface area contributed by atoms with Gasteiger partial charge in [-0.2, -0.15) is 5.10 Å². The minimum Gasteiger partial charge on any atom is -0.377 e. The number of hydrogen-bond acceptors (Lipinski definition) is 6. The number of ether oxygens (including phenoxy) is 1. The van der Waals surface area contributed by atoms with Gasteiger partial charge in [0, 0.05) is 43.4 Å². The van der Waals surface area contributed by atoms with Crippen molar-refractivity contribution in [2.24, 2.45) is 7.05 Å². The van der Waals surface area contributed by atoms with Crippen LogP contribution in [0.1, 0.15) is 11.4 Å². The Kier molecular flexibility index (Phi) is 4.64. The highest BCUT2D eigenvalue weighted by atomic mass is 32.1. The van der Waals surface area contributed by atoms with E-state index in [1.54, 1.807) is 23.1 Å². The van der Waals surface area contributed by atoms with Crippen LogP contribution in [0.4, 0.5) is 5.82 Å². The summed E-state index contributed by atoms with van der Waals surface area (Å²) in [5, 5.41) is 10.9. The molecule has 0 atom stereocenters. The third-order valence-corrected chi connectivity index (χ3v) is 4.93. The number of nitrogens with zero attached hydrogens (tertiary/aromatic N) is 4. The van der Waals surface area contributed by atoms with Crippen molar-refractivity contribution in [3.63, 3.8) is 0 Å². The van der Waals surface area contributed by atoms with Crippen molar-refractivity contribution in [3.05, 3.63) is 59.5 Å². The number of benzene rings is 1. The van der Waals surface area contributed by atoms with Gasteiger partial charge in [-0.1, -0.05) is 30.3 Å². The Morgan fingerprint density at radius 1 is 1.19 bits per heavy atom. The molecule has 132 valence electrons. The number of aromatic nitrogens is 4. The van der Waals surface area contributed by atoms with Gasteiger partial charge < -0.3 is 10.1 Å². The monoisotopic (exact) mass is 365 g/mol. The molecule has 0 spiro atoms. The van der Waals surface area contributed by atoms with Crippen LogP contribution in [-0.2, 0) is 24.9 Å². The molecule has 3 aromatic heterocycles. The van der Waals surface area contributed by atoms with E-state index in [9.17, 15) is 0 Å². The predicted octanol–water partition coefficient (Wildman–Crippen LogP) is 3.85. The highest BCUT2D eigenvalue weighted by Crippen LogP contribution is 2.37. The zero-order chi connectivity index (χ0) is 17.9. The molecule has 0 fully saturated rings. The van der Waals surface area contributed by atoms with Crippen LogP contribution in [0.5, 0.6) is 0 Å². The largest absolute Gasteiger partial charge is 0.377 e. The number of anilines is 1. The average Bonchev–Trinajstić information content (AvgIpc) is 3.27. The first-order chi connectivity index (χ1) is 12.7. The predicted molar refractivity (Wildman–Crippen MR) is 104 cm³/mol. The van der Waals surface area contributed by atoms with Crippen LogP contribution in [0.3, 0.4) is 0 Å². The molecule has 0 aliphatic heterocycles. The highest BCUT2D eigenvalue weighted by molar-refractivity contribution is 7.17. The second kappa shape index (κ2) is 7.23. The van der Waals surface area contributed by atoms with Gasteiger partial charge in [0.15, 0.2) is 5.82 Å². The van der Waals surface area contributed by atoms with Gasteiger partial charge in [0.1, 0.15) is 17.3 Å². The molecular weight excluding hydrogens is 346 g/mol. The lowest BCUT2D eigenvalue weighted by Crippen LogP contribution is -2.05. The summed E-state index contributed by atoms with van der Waals surface area (Å²) in [6.45, 7) is 1.03. The fraction of sp³-hybridized carbons (Fsp3) is 0.211. The maximum atomic E-state index is 5.23. The molecule has 0 saturated heterocycles. The van der Waals surface area contributed by atoms with Crippen LogP contribution in [0.25, 0.3) is 21.3 Å².